The van der Waals surface area contributed by atoms with Gasteiger partial charge < -0.3 is 20.1 Å². The van der Waals surface area contributed by atoms with E-state index in [-0.39, 0.29) is 13.2 Å². The molecule has 1 fully saturated rings. The summed E-state index contributed by atoms with van der Waals surface area (Å²) in [4.78, 5) is 10.5. The molecule has 0 atom stereocenters. The van der Waals surface area contributed by atoms with Gasteiger partial charge in [0, 0.05) is 32.2 Å². The number of carbonyl (C=O) groups is 1. The Morgan fingerprint density at radius 1 is 1.06 bits per heavy atom. The van der Waals surface area contributed by atoms with Crippen molar-refractivity contribution in [2.75, 3.05) is 48.5 Å². The minimum Gasteiger partial charge on any atom is -0.487 e. The SMILES string of the molecule is Cc1cc(N2CCNCC2)c2c(c1)N(S(=O)(=O)c1ccc(F)cc1F)CCO2.O=C(O)C(F)(F)F. The first-order valence-corrected chi connectivity index (χ1v) is 11.8. The molecule has 0 saturated carbocycles. The first-order valence-electron chi connectivity index (χ1n) is 10.3. The average molecular weight is 523 g/mol. The zero-order valence-corrected chi connectivity index (χ0v) is 19.2. The third-order valence-corrected chi connectivity index (χ3v) is 7.01. The number of nitrogens with one attached hydrogen (secondary N) is 1. The van der Waals surface area contributed by atoms with Crippen LogP contribution in [0.2, 0.25) is 0 Å². The van der Waals surface area contributed by atoms with Gasteiger partial charge in [-0.05, 0) is 36.8 Å². The molecule has 2 N–H and O–H groups in total. The molecule has 2 aromatic carbocycles. The number of hydrogen-bond donors (Lipinski definition) is 2. The van der Waals surface area contributed by atoms with Crippen molar-refractivity contribution in [1.82, 2.24) is 5.32 Å². The van der Waals surface area contributed by atoms with Crippen LogP contribution in [0.5, 0.6) is 5.75 Å². The van der Waals surface area contributed by atoms with Gasteiger partial charge in [0.05, 0.1) is 17.9 Å². The second-order valence-corrected chi connectivity index (χ2v) is 9.50. The normalized spacial score (nSPS) is 16.1. The first kappa shape index (κ1) is 26.5. The molecule has 192 valence electrons. The Hall–Kier alpha value is -3.13. The number of ether oxygens (including phenoxy) is 1. The molecular formula is C21H22F5N3O5S. The summed E-state index contributed by atoms with van der Waals surface area (Å²) in [5.41, 5.74) is 2.08. The van der Waals surface area contributed by atoms with Crippen LogP contribution in [0.15, 0.2) is 35.2 Å². The van der Waals surface area contributed by atoms with E-state index in [1.54, 1.807) is 6.07 Å². The zero-order valence-electron chi connectivity index (χ0n) is 18.4. The highest BCUT2D eigenvalue weighted by Gasteiger charge is 2.38. The molecule has 0 bridgehead atoms. The van der Waals surface area contributed by atoms with Gasteiger partial charge in [-0.15, -0.1) is 0 Å². The Labute approximate surface area is 197 Å². The number of carboxylic acids is 1. The summed E-state index contributed by atoms with van der Waals surface area (Å²) in [6.45, 7) is 5.28. The van der Waals surface area contributed by atoms with Crippen LogP contribution in [-0.2, 0) is 14.8 Å². The topological polar surface area (TPSA) is 99.2 Å². The molecular weight excluding hydrogens is 501 g/mol. The predicted octanol–water partition coefficient (Wildman–Crippen LogP) is 2.90. The molecule has 0 radical (unpaired) electrons. The van der Waals surface area contributed by atoms with Crippen LogP contribution in [0.4, 0.5) is 33.3 Å². The number of carboxylic acid groups (broad SMARTS) is 1. The summed E-state index contributed by atoms with van der Waals surface area (Å²) >= 11 is 0. The Bertz CT molecular complexity index is 1200. The molecule has 1 saturated heterocycles. The monoisotopic (exact) mass is 523 g/mol. The summed E-state index contributed by atoms with van der Waals surface area (Å²) in [7, 11) is -4.21. The van der Waals surface area contributed by atoms with Gasteiger partial charge >= 0.3 is 12.1 Å². The van der Waals surface area contributed by atoms with Gasteiger partial charge in [0.1, 0.15) is 23.1 Å². The maximum atomic E-state index is 14.2. The quantitative estimate of drug-likeness (QED) is 0.597. The van der Waals surface area contributed by atoms with E-state index in [1.807, 2.05) is 13.0 Å². The summed E-state index contributed by atoms with van der Waals surface area (Å²) in [6.07, 6.45) is -5.08. The highest BCUT2D eigenvalue weighted by Crippen LogP contribution is 2.43. The molecule has 0 aliphatic carbocycles. The van der Waals surface area contributed by atoms with Crippen molar-refractivity contribution in [1.29, 1.82) is 0 Å². The smallest absolute Gasteiger partial charge is 0.487 e. The van der Waals surface area contributed by atoms with Crippen LogP contribution < -0.4 is 19.3 Å². The van der Waals surface area contributed by atoms with E-state index in [9.17, 15) is 30.4 Å². The largest absolute Gasteiger partial charge is 0.490 e. The molecule has 4 rings (SSSR count). The minimum atomic E-state index is -5.08. The summed E-state index contributed by atoms with van der Waals surface area (Å²) in [5.74, 6) is -4.21. The van der Waals surface area contributed by atoms with E-state index < -0.39 is 38.7 Å². The van der Waals surface area contributed by atoms with E-state index in [0.29, 0.717) is 17.5 Å². The fourth-order valence-electron chi connectivity index (χ4n) is 3.61. The Morgan fingerprint density at radius 3 is 2.23 bits per heavy atom. The predicted molar refractivity (Wildman–Crippen MR) is 116 cm³/mol. The van der Waals surface area contributed by atoms with Crippen LogP contribution >= 0.6 is 0 Å². The van der Waals surface area contributed by atoms with Crippen molar-refractivity contribution in [3.05, 3.63) is 47.5 Å². The van der Waals surface area contributed by atoms with Gasteiger partial charge in [0.15, 0.2) is 5.75 Å². The molecule has 2 aliphatic rings. The number of aliphatic carboxylic acids is 1. The van der Waals surface area contributed by atoms with Crippen molar-refractivity contribution in [2.24, 2.45) is 0 Å². The highest BCUT2D eigenvalue weighted by atomic mass is 32.2. The van der Waals surface area contributed by atoms with Gasteiger partial charge in [-0.2, -0.15) is 13.2 Å². The van der Waals surface area contributed by atoms with Gasteiger partial charge in [-0.3, -0.25) is 4.31 Å². The second kappa shape index (κ2) is 10.2. The fourth-order valence-corrected chi connectivity index (χ4v) is 5.11. The summed E-state index contributed by atoms with van der Waals surface area (Å²) in [6, 6.07) is 6.18. The number of anilines is 2. The van der Waals surface area contributed by atoms with Crippen LogP contribution in [0.1, 0.15) is 5.56 Å². The summed E-state index contributed by atoms with van der Waals surface area (Å²) < 4.78 is 92.6. The summed E-state index contributed by atoms with van der Waals surface area (Å²) in [5, 5.41) is 10.4. The van der Waals surface area contributed by atoms with Crippen molar-refractivity contribution < 1.29 is 45.0 Å². The van der Waals surface area contributed by atoms with Crippen molar-refractivity contribution in [3.63, 3.8) is 0 Å². The number of rotatable bonds is 3. The molecule has 0 amide bonds. The van der Waals surface area contributed by atoms with E-state index in [4.69, 9.17) is 14.6 Å². The van der Waals surface area contributed by atoms with Gasteiger partial charge in [-0.1, -0.05) is 0 Å². The number of aryl methyl sites for hydroxylation is 1. The van der Waals surface area contributed by atoms with Crippen LogP contribution in [0.3, 0.4) is 0 Å². The molecule has 2 heterocycles. The first-order chi connectivity index (χ1) is 16.3. The third kappa shape index (κ3) is 5.93. The number of halogens is 5. The lowest BCUT2D eigenvalue weighted by molar-refractivity contribution is -0.192. The van der Waals surface area contributed by atoms with E-state index >= 15 is 0 Å². The molecule has 35 heavy (non-hydrogen) atoms. The standard InChI is InChI=1S/C19H21F2N3O3S.C2HF3O2/c1-13-10-16(23-6-4-22-5-7-23)19-17(11-13)24(8-9-27-19)28(25,26)18-3-2-14(20)12-15(18)21;3-2(4,5)1(6)7/h2-3,10-12,22H,4-9H2,1H3;(H,6,7). The molecule has 2 aromatic rings. The van der Waals surface area contributed by atoms with E-state index in [2.05, 4.69) is 10.2 Å². The number of hydrogen-bond acceptors (Lipinski definition) is 6. The van der Waals surface area contributed by atoms with Crippen molar-refractivity contribution >= 4 is 27.4 Å². The molecule has 0 aromatic heterocycles. The third-order valence-electron chi connectivity index (χ3n) is 5.17. The number of fused-ring (bicyclic) bond motifs is 1. The Kier molecular flexibility index (Phi) is 7.74. The molecule has 0 spiro atoms. The van der Waals surface area contributed by atoms with E-state index in [1.165, 1.54) is 0 Å². The fraction of sp³-hybridized carbons (Fsp3) is 0.381. The lowest BCUT2D eigenvalue weighted by Crippen LogP contribution is -2.44. The molecule has 14 heteroatoms. The van der Waals surface area contributed by atoms with Crippen LogP contribution in [0, 0.1) is 18.6 Å². The minimum absolute atomic E-state index is 0.0522. The Balaban J connectivity index is 0.000000429. The molecule has 8 nitrogen and oxygen atoms in total. The number of piperazine rings is 1. The molecule has 2 aliphatic heterocycles. The van der Waals surface area contributed by atoms with Crippen LogP contribution in [0.25, 0.3) is 0 Å². The lowest BCUT2D eigenvalue weighted by atomic mass is 10.1. The second-order valence-electron chi connectivity index (χ2n) is 7.67. The average Bonchev–Trinajstić information content (AvgIpc) is 2.78. The van der Waals surface area contributed by atoms with Gasteiger partial charge in [0.25, 0.3) is 10.0 Å². The van der Waals surface area contributed by atoms with Gasteiger partial charge in [-0.25, -0.2) is 22.0 Å². The van der Waals surface area contributed by atoms with Gasteiger partial charge in [0.2, 0.25) is 0 Å². The number of benzene rings is 2. The number of nitrogens with zero attached hydrogens (tertiary/aromatic N) is 2. The number of alkyl halides is 3. The highest BCUT2D eigenvalue weighted by molar-refractivity contribution is 7.92. The van der Waals surface area contributed by atoms with Crippen LogP contribution in [-0.4, -0.2) is 65.0 Å². The van der Waals surface area contributed by atoms with Crippen molar-refractivity contribution in [2.45, 2.75) is 18.0 Å². The Morgan fingerprint density at radius 2 is 1.66 bits per heavy atom. The van der Waals surface area contributed by atoms with Crippen molar-refractivity contribution in [3.8, 4) is 5.75 Å². The molecule has 0 unspecified atom stereocenters. The lowest BCUT2D eigenvalue weighted by Gasteiger charge is -2.36. The van der Waals surface area contributed by atoms with E-state index in [0.717, 1.165) is 53.9 Å². The number of sulfonamides is 1. The zero-order chi connectivity index (χ0) is 26.0. The maximum absolute atomic E-state index is 14.2. The maximum Gasteiger partial charge on any atom is 0.490 e.